The second-order valence-electron chi connectivity index (χ2n) is 5.86. The number of para-hydroxylation sites is 1. The number of morpholine rings is 1. The molecule has 0 radical (unpaired) electrons. The first-order valence-corrected chi connectivity index (χ1v) is 8.11. The van der Waals surface area contributed by atoms with Crippen LogP contribution < -0.4 is 5.32 Å². The Morgan fingerprint density at radius 1 is 1.08 bits per heavy atom. The van der Waals surface area contributed by atoms with Crippen LogP contribution in [0.4, 0.5) is 10.5 Å². The average molecular weight is 321 g/mol. The van der Waals surface area contributed by atoms with Crippen molar-refractivity contribution in [2.24, 2.45) is 0 Å². The predicted octanol–water partition coefficient (Wildman–Crippen LogP) is 3.70. The number of hydrogen-bond acceptors (Lipinski definition) is 2. The van der Waals surface area contributed by atoms with E-state index in [1.165, 1.54) is 5.39 Å². The van der Waals surface area contributed by atoms with Gasteiger partial charge in [0.25, 0.3) is 0 Å². The van der Waals surface area contributed by atoms with Gasteiger partial charge in [0.2, 0.25) is 0 Å². The molecule has 0 bridgehead atoms. The summed E-state index contributed by atoms with van der Waals surface area (Å²) in [7, 11) is 0. The predicted molar refractivity (Wildman–Crippen MR) is 95.1 cm³/mol. The van der Waals surface area contributed by atoms with E-state index >= 15 is 0 Å². The summed E-state index contributed by atoms with van der Waals surface area (Å²) in [6.45, 7) is 2.46. The molecule has 1 aromatic heterocycles. The number of urea groups is 1. The second kappa shape index (κ2) is 6.37. The smallest absolute Gasteiger partial charge is 0.321 e. The van der Waals surface area contributed by atoms with Crippen molar-refractivity contribution in [1.82, 2.24) is 9.88 Å². The topological polar surface area (TPSA) is 57.4 Å². The van der Waals surface area contributed by atoms with E-state index < -0.39 is 0 Å². The number of fused-ring (bicyclic) bond motifs is 1. The third-order valence-corrected chi connectivity index (χ3v) is 4.31. The van der Waals surface area contributed by atoms with E-state index in [4.69, 9.17) is 4.74 Å². The van der Waals surface area contributed by atoms with Crippen LogP contribution in [0.1, 0.15) is 0 Å². The minimum Gasteiger partial charge on any atom is -0.378 e. The zero-order chi connectivity index (χ0) is 16.4. The number of carbonyl (C=O) groups excluding carboxylic acids is 1. The van der Waals surface area contributed by atoms with E-state index in [2.05, 4.69) is 34.6 Å². The maximum Gasteiger partial charge on any atom is 0.321 e. The van der Waals surface area contributed by atoms with Crippen molar-refractivity contribution in [1.29, 1.82) is 0 Å². The Morgan fingerprint density at radius 2 is 1.92 bits per heavy atom. The van der Waals surface area contributed by atoms with Gasteiger partial charge >= 0.3 is 6.03 Å². The fourth-order valence-electron chi connectivity index (χ4n) is 3.06. The summed E-state index contributed by atoms with van der Waals surface area (Å²) in [5.74, 6) is 0. The summed E-state index contributed by atoms with van der Waals surface area (Å²) >= 11 is 0. The first kappa shape index (κ1) is 14.8. The number of aromatic nitrogens is 1. The lowest BCUT2D eigenvalue weighted by atomic mass is 10.0. The highest BCUT2D eigenvalue weighted by Gasteiger charge is 2.16. The molecule has 4 rings (SSSR count). The van der Waals surface area contributed by atoms with Crippen LogP contribution in [0.5, 0.6) is 0 Å². The first-order chi connectivity index (χ1) is 11.8. The van der Waals surface area contributed by atoms with Crippen molar-refractivity contribution in [3.63, 3.8) is 0 Å². The highest BCUT2D eigenvalue weighted by Crippen LogP contribution is 2.29. The molecule has 3 aromatic rings. The van der Waals surface area contributed by atoms with Gasteiger partial charge < -0.3 is 19.9 Å². The lowest BCUT2D eigenvalue weighted by Crippen LogP contribution is -2.43. The lowest BCUT2D eigenvalue weighted by Gasteiger charge is -2.27. The number of nitrogens with one attached hydrogen (secondary N) is 2. The van der Waals surface area contributed by atoms with Crippen LogP contribution in [0.25, 0.3) is 22.0 Å². The van der Waals surface area contributed by atoms with Crippen LogP contribution in [0.3, 0.4) is 0 Å². The molecule has 5 heteroatoms. The monoisotopic (exact) mass is 321 g/mol. The number of H-pyrrole nitrogens is 1. The minimum absolute atomic E-state index is 0.0754. The molecular weight excluding hydrogens is 302 g/mol. The van der Waals surface area contributed by atoms with Gasteiger partial charge in [-0.15, -0.1) is 0 Å². The van der Waals surface area contributed by atoms with E-state index in [9.17, 15) is 4.79 Å². The molecule has 2 amide bonds. The maximum atomic E-state index is 12.3. The van der Waals surface area contributed by atoms with E-state index in [0.717, 1.165) is 22.3 Å². The van der Waals surface area contributed by atoms with Gasteiger partial charge in [-0.05, 0) is 29.1 Å². The zero-order valence-electron chi connectivity index (χ0n) is 13.3. The highest BCUT2D eigenvalue weighted by atomic mass is 16.5. The molecule has 0 spiro atoms. The largest absolute Gasteiger partial charge is 0.378 e. The number of ether oxygens (including phenoxy) is 1. The van der Waals surface area contributed by atoms with Crippen molar-refractivity contribution in [2.45, 2.75) is 0 Å². The first-order valence-electron chi connectivity index (χ1n) is 8.11. The van der Waals surface area contributed by atoms with Crippen LogP contribution in [-0.2, 0) is 4.74 Å². The third kappa shape index (κ3) is 2.86. The Bertz CT molecular complexity index is 866. The average Bonchev–Trinajstić information content (AvgIpc) is 3.11. The summed E-state index contributed by atoms with van der Waals surface area (Å²) in [5.41, 5.74) is 4.10. The molecule has 1 aliphatic rings. The molecule has 1 fully saturated rings. The quantitative estimate of drug-likeness (QED) is 0.756. The number of hydrogen-bond donors (Lipinski definition) is 2. The number of rotatable bonds is 2. The molecule has 0 atom stereocenters. The second-order valence-corrected chi connectivity index (χ2v) is 5.86. The van der Waals surface area contributed by atoms with Gasteiger partial charge in [-0.25, -0.2) is 4.79 Å². The Labute approximate surface area is 140 Å². The lowest BCUT2D eigenvalue weighted by molar-refractivity contribution is 0.0564. The van der Waals surface area contributed by atoms with E-state index in [0.29, 0.717) is 26.3 Å². The summed E-state index contributed by atoms with van der Waals surface area (Å²) < 4.78 is 5.29. The van der Waals surface area contributed by atoms with Gasteiger partial charge in [-0.3, -0.25) is 0 Å². The summed E-state index contributed by atoms with van der Waals surface area (Å²) in [6, 6.07) is 16.1. The number of nitrogens with zero attached hydrogens (tertiary/aromatic N) is 1. The van der Waals surface area contributed by atoms with E-state index in [-0.39, 0.29) is 6.03 Å². The highest BCUT2D eigenvalue weighted by molar-refractivity contribution is 5.96. The van der Waals surface area contributed by atoms with Gasteiger partial charge in [0.1, 0.15) is 0 Å². The molecule has 24 heavy (non-hydrogen) atoms. The molecule has 1 saturated heterocycles. The number of anilines is 1. The molecule has 2 N–H and O–H groups in total. The molecule has 1 aliphatic heterocycles. The maximum absolute atomic E-state index is 12.3. The fraction of sp³-hybridized carbons (Fsp3) is 0.211. The Kier molecular flexibility index (Phi) is 3.92. The molecule has 0 saturated carbocycles. The van der Waals surface area contributed by atoms with Crippen LogP contribution in [0.15, 0.2) is 54.7 Å². The van der Waals surface area contributed by atoms with Crippen molar-refractivity contribution in [3.8, 4) is 11.1 Å². The minimum atomic E-state index is -0.0754. The van der Waals surface area contributed by atoms with Gasteiger partial charge in [0.15, 0.2) is 0 Å². The molecule has 122 valence electrons. The van der Waals surface area contributed by atoms with E-state index in [1.807, 2.05) is 30.5 Å². The van der Waals surface area contributed by atoms with Crippen molar-refractivity contribution >= 4 is 22.6 Å². The molecule has 2 aromatic carbocycles. The number of aromatic amines is 1. The Balaban J connectivity index is 1.59. The Morgan fingerprint density at radius 3 is 2.79 bits per heavy atom. The molecule has 2 heterocycles. The van der Waals surface area contributed by atoms with Crippen molar-refractivity contribution in [3.05, 3.63) is 54.7 Å². The fourth-order valence-corrected chi connectivity index (χ4v) is 3.06. The number of carbonyl (C=O) groups is 1. The van der Waals surface area contributed by atoms with E-state index in [1.54, 1.807) is 4.90 Å². The summed E-state index contributed by atoms with van der Waals surface area (Å²) in [5, 5.41) is 4.16. The standard InChI is InChI=1S/C19H19N3O2/c23-19(22-9-11-24-12-10-22)21-16-5-1-4-15(13-16)17-6-2-3-14-7-8-20-18(14)17/h1-8,13,20H,9-12H2,(H,21,23). The third-order valence-electron chi connectivity index (χ3n) is 4.31. The van der Waals surface area contributed by atoms with Gasteiger partial charge in [0, 0.05) is 30.5 Å². The van der Waals surface area contributed by atoms with Crippen LogP contribution in [0.2, 0.25) is 0 Å². The van der Waals surface area contributed by atoms with Gasteiger partial charge in [0.05, 0.1) is 18.7 Å². The summed E-state index contributed by atoms with van der Waals surface area (Å²) in [4.78, 5) is 17.4. The van der Waals surface area contributed by atoms with Crippen LogP contribution >= 0.6 is 0 Å². The van der Waals surface area contributed by atoms with Gasteiger partial charge in [-0.2, -0.15) is 0 Å². The number of amides is 2. The van der Waals surface area contributed by atoms with Crippen molar-refractivity contribution < 1.29 is 9.53 Å². The summed E-state index contributed by atoms with van der Waals surface area (Å²) in [6.07, 6.45) is 1.94. The van der Waals surface area contributed by atoms with Crippen molar-refractivity contribution in [2.75, 3.05) is 31.6 Å². The van der Waals surface area contributed by atoms with Gasteiger partial charge in [-0.1, -0.05) is 30.3 Å². The molecule has 5 nitrogen and oxygen atoms in total. The van der Waals surface area contributed by atoms with Crippen LogP contribution in [-0.4, -0.2) is 42.2 Å². The molecular formula is C19H19N3O2. The number of benzene rings is 2. The normalized spacial score (nSPS) is 14.8. The molecule has 0 unspecified atom stereocenters. The zero-order valence-corrected chi connectivity index (χ0v) is 13.3. The Hall–Kier alpha value is -2.79. The molecule has 0 aliphatic carbocycles. The van der Waals surface area contributed by atoms with Crippen LogP contribution in [0, 0.1) is 0 Å². The SMILES string of the molecule is O=C(Nc1cccc(-c2cccc3cc[nH]c23)c1)N1CCOCC1.